The third kappa shape index (κ3) is 9.86. The molecule has 1 N–H and O–H groups in total. The van der Waals surface area contributed by atoms with E-state index in [1.807, 2.05) is 19.9 Å². The molecular weight excluding hydrogens is 389 g/mol. The molecule has 5 heteroatoms. The minimum atomic E-state index is -1.21. The van der Waals surface area contributed by atoms with Crippen molar-refractivity contribution in [3.63, 3.8) is 0 Å². The number of ether oxygens (including phenoxy) is 1. The Morgan fingerprint density at radius 3 is 2.27 bits per heavy atom. The van der Waals surface area contributed by atoms with E-state index in [9.17, 15) is 13.2 Å². The maximum Gasteiger partial charge on any atom is 0.200 e. The zero-order chi connectivity index (χ0) is 23.3. The van der Waals surface area contributed by atoms with E-state index in [0.29, 0.717) is 18.4 Å². The van der Waals surface area contributed by atoms with Gasteiger partial charge in [-0.05, 0) is 54.7 Å². The van der Waals surface area contributed by atoms with Crippen LogP contribution in [0.15, 0.2) is 61.2 Å². The molecule has 2 atom stereocenters. The molecular formula is C25H35F3O2. The van der Waals surface area contributed by atoms with Crippen molar-refractivity contribution in [2.24, 2.45) is 11.8 Å². The Morgan fingerprint density at radius 1 is 1.13 bits per heavy atom. The monoisotopic (exact) mass is 424 g/mol. The summed E-state index contributed by atoms with van der Waals surface area (Å²) in [6.45, 7) is 16.8. The lowest BCUT2D eigenvalue weighted by atomic mass is 9.89. The quantitative estimate of drug-likeness (QED) is 0.223. The molecule has 0 radical (unpaired) electrons. The molecule has 0 bridgehead atoms. The summed E-state index contributed by atoms with van der Waals surface area (Å²) >= 11 is 0. The zero-order valence-electron chi connectivity index (χ0n) is 18.6. The van der Waals surface area contributed by atoms with Crippen molar-refractivity contribution in [2.45, 2.75) is 52.9 Å². The summed E-state index contributed by atoms with van der Waals surface area (Å²) in [5.74, 6) is -2.91. The molecule has 1 rings (SSSR count). The van der Waals surface area contributed by atoms with Gasteiger partial charge in [0.25, 0.3) is 0 Å². The van der Waals surface area contributed by atoms with Crippen LogP contribution >= 0.6 is 0 Å². The highest BCUT2D eigenvalue weighted by atomic mass is 19.2. The maximum absolute atomic E-state index is 14.0. The van der Waals surface area contributed by atoms with Gasteiger partial charge < -0.3 is 9.84 Å². The second kappa shape index (κ2) is 14.5. The van der Waals surface area contributed by atoms with Crippen LogP contribution in [-0.4, -0.2) is 12.2 Å². The van der Waals surface area contributed by atoms with E-state index in [1.165, 1.54) is 19.3 Å². The highest BCUT2D eigenvalue weighted by molar-refractivity contribution is 5.30. The van der Waals surface area contributed by atoms with Gasteiger partial charge in [-0.3, -0.25) is 0 Å². The van der Waals surface area contributed by atoms with Crippen molar-refractivity contribution in [3.05, 3.63) is 78.4 Å². The molecule has 0 aliphatic rings. The summed E-state index contributed by atoms with van der Waals surface area (Å²) in [6.07, 6.45) is 6.75. The van der Waals surface area contributed by atoms with Gasteiger partial charge in [0.05, 0.1) is 7.11 Å². The molecule has 2 unspecified atom stereocenters. The van der Waals surface area contributed by atoms with Gasteiger partial charge in [0.2, 0.25) is 5.82 Å². The standard InChI is InChI=1S/C21H27F3O2.C4H8/c1-13(7-9-17-10-11-19(25)21(24)20(17)23)6-8-14(2)16(4)18(22)12-15(3)26-5;1-3-4-2/h10-14,25H,3-4,6-9H2,1-2,5H3;3H,1,4H2,2H3/b18-12+;. The van der Waals surface area contributed by atoms with Crippen LogP contribution < -0.4 is 0 Å². The van der Waals surface area contributed by atoms with Crippen LogP contribution in [0.3, 0.4) is 0 Å². The van der Waals surface area contributed by atoms with Crippen LogP contribution in [0.2, 0.25) is 0 Å². The summed E-state index contributed by atoms with van der Waals surface area (Å²) in [5, 5.41) is 9.14. The summed E-state index contributed by atoms with van der Waals surface area (Å²) in [6, 6.07) is 2.56. The highest BCUT2D eigenvalue weighted by Gasteiger charge is 2.16. The van der Waals surface area contributed by atoms with Gasteiger partial charge in [-0.25, -0.2) is 8.78 Å². The highest BCUT2D eigenvalue weighted by Crippen LogP contribution is 2.28. The molecule has 0 saturated heterocycles. The first-order valence-electron chi connectivity index (χ1n) is 10.1. The zero-order valence-corrected chi connectivity index (χ0v) is 18.6. The third-order valence-electron chi connectivity index (χ3n) is 4.88. The number of methoxy groups -OCH3 is 1. The van der Waals surface area contributed by atoms with Crippen molar-refractivity contribution in [1.29, 1.82) is 0 Å². The number of aromatic hydroxyl groups is 1. The molecule has 1 aromatic rings. The fourth-order valence-electron chi connectivity index (χ4n) is 2.56. The van der Waals surface area contributed by atoms with Gasteiger partial charge >= 0.3 is 0 Å². The molecule has 1 aromatic carbocycles. The van der Waals surface area contributed by atoms with Gasteiger partial charge in [-0.15, -0.1) is 6.58 Å². The summed E-state index contributed by atoms with van der Waals surface area (Å²) in [5.41, 5.74) is 0.638. The maximum atomic E-state index is 14.0. The van der Waals surface area contributed by atoms with Gasteiger partial charge in [-0.2, -0.15) is 4.39 Å². The van der Waals surface area contributed by atoms with Crippen LogP contribution in [0.1, 0.15) is 52.0 Å². The summed E-state index contributed by atoms with van der Waals surface area (Å²) in [4.78, 5) is 0. The molecule has 0 amide bonds. The van der Waals surface area contributed by atoms with Crippen LogP contribution in [0.5, 0.6) is 5.75 Å². The molecule has 168 valence electrons. The molecule has 0 aromatic heterocycles. The number of rotatable bonds is 11. The van der Waals surface area contributed by atoms with E-state index in [2.05, 4.69) is 26.7 Å². The molecule has 0 heterocycles. The average molecular weight is 425 g/mol. The number of allylic oxidation sites excluding steroid dienone is 4. The average Bonchev–Trinajstić information content (AvgIpc) is 2.74. The minimum Gasteiger partial charge on any atom is -0.505 e. The number of phenols is 1. The lowest BCUT2D eigenvalue weighted by Gasteiger charge is -2.17. The third-order valence-corrected chi connectivity index (χ3v) is 4.88. The van der Waals surface area contributed by atoms with E-state index >= 15 is 0 Å². The van der Waals surface area contributed by atoms with E-state index < -0.39 is 23.2 Å². The summed E-state index contributed by atoms with van der Waals surface area (Å²) in [7, 11) is 1.42. The lowest BCUT2D eigenvalue weighted by molar-refractivity contribution is 0.307. The fourth-order valence-corrected chi connectivity index (χ4v) is 2.56. The molecule has 0 aliphatic carbocycles. The number of halogens is 3. The second-order valence-corrected chi connectivity index (χ2v) is 7.38. The molecule has 0 aliphatic heterocycles. The number of phenolic OH excluding ortho intramolecular Hbond substituents is 1. The minimum absolute atomic E-state index is 0.0544. The summed E-state index contributed by atoms with van der Waals surface area (Å²) < 4.78 is 45.9. The number of hydrogen-bond acceptors (Lipinski definition) is 2. The van der Waals surface area contributed by atoms with Crippen molar-refractivity contribution < 1.29 is 23.0 Å². The molecule has 2 nitrogen and oxygen atoms in total. The SMILES string of the molecule is C=C(/C=C(/F)C(=C)C(C)CCC(C)CCc1ccc(O)c(F)c1F)OC.C=CCC. The molecule has 0 spiro atoms. The topological polar surface area (TPSA) is 29.5 Å². The lowest BCUT2D eigenvalue weighted by Crippen LogP contribution is -2.05. The normalized spacial score (nSPS) is 13.0. The predicted molar refractivity (Wildman–Crippen MR) is 119 cm³/mol. The molecule has 0 saturated carbocycles. The predicted octanol–water partition coefficient (Wildman–Crippen LogP) is 7.81. The first-order valence-corrected chi connectivity index (χ1v) is 10.1. The Labute approximate surface area is 179 Å². The molecule has 0 fully saturated rings. The Kier molecular flexibility index (Phi) is 13.4. The van der Waals surface area contributed by atoms with Gasteiger partial charge in [0, 0.05) is 6.08 Å². The van der Waals surface area contributed by atoms with E-state index in [0.717, 1.165) is 25.3 Å². The Morgan fingerprint density at radius 2 is 1.73 bits per heavy atom. The smallest absolute Gasteiger partial charge is 0.200 e. The van der Waals surface area contributed by atoms with Crippen molar-refractivity contribution in [3.8, 4) is 5.75 Å². The van der Waals surface area contributed by atoms with Crippen LogP contribution in [0.4, 0.5) is 13.2 Å². The Hall–Kier alpha value is -2.43. The Balaban J connectivity index is 0.00000192. The van der Waals surface area contributed by atoms with Crippen LogP contribution in [-0.2, 0) is 11.2 Å². The number of hydrogen-bond donors (Lipinski definition) is 1. The van der Waals surface area contributed by atoms with Gasteiger partial charge in [0.15, 0.2) is 11.6 Å². The largest absolute Gasteiger partial charge is 0.505 e. The fraction of sp³-hybridized carbons (Fsp3) is 0.440. The van der Waals surface area contributed by atoms with Gasteiger partial charge in [-0.1, -0.05) is 52.5 Å². The van der Waals surface area contributed by atoms with Crippen LogP contribution in [0, 0.1) is 23.5 Å². The van der Waals surface area contributed by atoms with Gasteiger partial charge in [0.1, 0.15) is 11.6 Å². The van der Waals surface area contributed by atoms with E-state index in [-0.39, 0.29) is 23.2 Å². The molecule has 30 heavy (non-hydrogen) atoms. The number of benzene rings is 1. The van der Waals surface area contributed by atoms with Crippen molar-refractivity contribution in [1.82, 2.24) is 0 Å². The van der Waals surface area contributed by atoms with Crippen LogP contribution in [0.25, 0.3) is 0 Å². The number of aryl methyl sites for hydroxylation is 1. The first-order chi connectivity index (χ1) is 14.1. The first kappa shape index (κ1) is 27.6. The van der Waals surface area contributed by atoms with E-state index in [4.69, 9.17) is 9.84 Å². The van der Waals surface area contributed by atoms with Crippen molar-refractivity contribution in [2.75, 3.05) is 7.11 Å². The second-order valence-electron chi connectivity index (χ2n) is 7.38. The Bertz CT molecular complexity index is 738. The van der Waals surface area contributed by atoms with E-state index in [1.54, 1.807) is 0 Å². The van der Waals surface area contributed by atoms with Crippen molar-refractivity contribution >= 4 is 0 Å².